The van der Waals surface area contributed by atoms with Gasteiger partial charge < -0.3 is 0 Å². The monoisotopic (exact) mass is 307 g/mol. The second-order valence-corrected chi connectivity index (χ2v) is 5.98. The molecule has 0 amide bonds. The van der Waals surface area contributed by atoms with E-state index < -0.39 is 0 Å². The first-order valence-electron chi connectivity index (χ1n) is 7.02. The molecule has 0 aliphatic rings. The Morgan fingerprint density at radius 2 is 1.90 bits per heavy atom. The molecular weight excluding hydrogens is 286 g/mol. The molecule has 4 nitrogen and oxygen atoms in total. The molecule has 0 bridgehead atoms. The maximum absolute atomic E-state index is 6.31. The third-order valence-electron chi connectivity index (χ3n) is 3.65. The van der Waals surface area contributed by atoms with Gasteiger partial charge in [0.25, 0.3) is 0 Å². The van der Waals surface area contributed by atoms with Crippen molar-refractivity contribution < 1.29 is 4.84 Å². The molecule has 1 heterocycles. The van der Waals surface area contributed by atoms with Crippen molar-refractivity contribution in [2.45, 2.75) is 40.5 Å². The summed E-state index contributed by atoms with van der Waals surface area (Å²) < 4.78 is 1.97. The maximum Gasteiger partial charge on any atom is 0.0794 e. The average molecular weight is 308 g/mol. The van der Waals surface area contributed by atoms with Crippen LogP contribution in [0.3, 0.4) is 0 Å². The number of hydrogen-bond acceptors (Lipinski definition) is 3. The minimum Gasteiger partial charge on any atom is -0.279 e. The summed E-state index contributed by atoms with van der Waals surface area (Å²) in [7, 11) is 1.56. The van der Waals surface area contributed by atoms with Crippen LogP contribution in [0.4, 0.5) is 5.69 Å². The lowest BCUT2D eigenvalue weighted by molar-refractivity contribution is 0.271. The SMILES string of the molecule is CONc1cc(C)c(-n2nc(C)c(C(C)C)c2C)cc1Cl. The number of benzene rings is 1. The van der Waals surface area contributed by atoms with E-state index in [1.807, 2.05) is 23.7 Å². The highest BCUT2D eigenvalue weighted by molar-refractivity contribution is 6.33. The van der Waals surface area contributed by atoms with Crippen molar-refractivity contribution >= 4 is 17.3 Å². The number of hydrogen-bond donors (Lipinski definition) is 1. The largest absolute Gasteiger partial charge is 0.279 e. The molecule has 114 valence electrons. The summed E-state index contributed by atoms with van der Waals surface area (Å²) in [6, 6.07) is 3.88. The van der Waals surface area contributed by atoms with Crippen molar-refractivity contribution in [1.82, 2.24) is 9.78 Å². The molecule has 0 unspecified atom stereocenters. The molecule has 2 aromatic rings. The van der Waals surface area contributed by atoms with Gasteiger partial charge >= 0.3 is 0 Å². The minimum atomic E-state index is 0.448. The van der Waals surface area contributed by atoms with Gasteiger partial charge in [-0.3, -0.25) is 10.3 Å². The van der Waals surface area contributed by atoms with Gasteiger partial charge in [0.2, 0.25) is 0 Å². The zero-order valence-electron chi connectivity index (χ0n) is 13.4. The Balaban J connectivity index is 2.58. The second kappa shape index (κ2) is 6.08. The third kappa shape index (κ3) is 2.92. The summed E-state index contributed by atoms with van der Waals surface area (Å²) in [5.74, 6) is 0.448. The molecule has 1 aromatic carbocycles. The molecule has 0 fully saturated rings. The number of nitrogens with zero attached hydrogens (tertiary/aromatic N) is 2. The van der Waals surface area contributed by atoms with Crippen LogP contribution in [0.2, 0.25) is 5.02 Å². The van der Waals surface area contributed by atoms with Crippen molar-refractivity contribution in [3.05, 3.63) is 39.7 Å². The highest BCUT2D eigenvalue weighted by Gasteiger charge is 2.17. The first-order valence-corrected chi connectivity index (χ1v) is 7.40. The van der Waals surface area contributed by atoms with Crippen molar-refractivity contribution in [1.29, 1.82) is 0 Å². The van der Waals surface area contributed by atoms with Gasteiger partial charge in [-0.25, -0.2) is 4.68 Å². The van der Waals surface area contributed by atoms with E-state index in [2.05, 4.69) is 38.3 Å². The third-order valence-corrected chi connectivity index (χ3v) is 3.96. The molecule has 5 heteroatoms. The van der Waals surface area contributed by atoms with Gasteiger partial charge in [-0.2, -0.15) is 5.10 Å². The van der Waals surface area contributed by atoms with Crippen molar-refractivity contribution in [3.63, 3.8) is 0 Å². The molecule has 21 heavy (non-hydrogen) atoms. The Morgan fingerprint density at radius 3 is 2.43 bits per heavy atom. The summed E-state index contributed by atoms with van der Waals surface area (Å²) in [6.07, 6.45) is 0. The van der Waals surface area contributed by atoms with E-state index in [0.717, 1.165) is 28.3 Å². The van der Waals surface area contributed by atoms with Crippen molar-refractivity contribution in [3.8, 4) is 5.69 Å². The Morgan fingerprint density at radius 1 is 1.24 bits per heavy atom. The predicted octanol–water partition coefficient (Wildman–Crippen LogP) is 4.55. The molecule has 0 aliphatic carbocycles. The summed E-state index contributed by atoms with van der Waals surface area (Å²) in [5.41, 5.74) is 9.14. The Bertz CT molecular complexity index is 662. The van der Waals surface area contributed by atoms with E-state index in [0.29, 0.717) is 10.9 Å². The van der Waals surface area contributed by atoms with Crippen LogP contribution in [0.15, 0.2) is 12.1 Å². The van der Waals surface area contributed by atoms with Gasteiger partial charge in [0.05, 0.1) is 29.2 Å². The summed E-state index contributed by atoms with van der Waals surface area (Å²) in [6.45, 7) is 10.6. The lowest BCUT2D eigenvalue weighted by Crippen LogP contribution is -2.04. The van der Waals surface area contributed by atoms with Crippen LogP contribution in [0.25, 0.3) is 5.69 Å². The topological polar surface area (TPSA) is 39.1 Å². The first-order chi connectivity index (χ1) is 9.86. The normalized spacial score (nSPS) is 11.2. The van der Waals surface area contributed by atoms with E-state index in [1.54, 1.807) is 7.11 Å². The Hall–Kier alpha value is -1.52. The molecule has 1 aromatic heterocycles. The van der Waals surface area contributed by atoms with Crippen LogP contribution >= 0.6 is 11.6 Å². The van der Waals surface area contributed by atoms with E-state index in [9.17, 15) is 0 Å². The second-order valence-electron chi connectivity index (χ2n) is 5.58. The number of aromatic nitrogens is 2. The van der Waals surface area contributed by atoms with Crippen molar-refractivity contribution in [2.75, 3.05) is 12.6 Å². The molecule has 0 atom stereocenters. The van der Waals surface area contributed by atoms with Gasteiger partial charge in [-0.1, -0.05) is 25.4 Å². The van der Waals surface area contributed by atoms with Gasteiger partial charge in [0.1, 0.15) is 0 Å². The van der Waals surface area contributed by atoms with Crippen LogP contribution in [0, 0.1) is 20.8 Å². The fraction of sp³-hybridized carbons (Fsp3) is 0.438. The van der Waals surface area contributed by atoms with Crippen LogP contribution in [-0.2, 0) is 4.84 Å². The predicted molar refractivity (Wildman–Crippen MR) is 87.5 cm³/mol. The van der Waals surface area contributed by atoms with E-state index >= 15 is 0 Å². The lowest BCUT2D eigenvalue weighted by Gasteiger charge is -2.13. The maximum atomic E-state index is 6.31. The Labute approximate surface area is 131 Å². The lowest BCUT2D eigenvalue weighted by atomic mass is 10.0. The zero-order chi connectivity index (χ0) is 15.7. The summed E-state index contributed by atoms with van der Waals surface area (Å²) in [5, 5.41) is 5.29. The van der Waals surface area contributed by atoms with E-state index in [4.69, 9.17) is 16.4 Å². The number of rotatable bonds is 4. The van der Waals surface area contributed by atoms with Gasteiger partial charge in [-0.05, 0) is 49.9 Å². The van der Waals surface area contributed by atoms with Gasteiger partial charge in [0, 0.05) is 5.69 Å². The average Bonchev–Trinajstić information content (AvgIpc) is 2.69. The standard InChI is InChI=1S/C16H22ClN3O/c1-9(2)16-11(4)18-20(12(16)5)15-8-13(17)14(19-21-6)7-10(15)3/h7-9,19H,1-6H3. The van der Waals surface area contributed by atoms with Crippen molar-refractivity contribution in [2.24, 2.45) is 0 Å². The van der Waals surface area contributed by atoms with Crippen LogP contribution in [0.5, 0.6) is 0 Å². The van der Waals surface area contributed by atoms with Gasteiger partial charge in [0.15, 0.2) is 0 Å². The molecule has 0 radical (unpaired) electrons. The quantitative estimate of drug-likeness (QED) is 0.842. The molecule has 0 spiro atoms. The number of anilines is 1. The zero-order valence-corrected chi connectivity index (χ0v) is 14.2. The fourth-order valence-corrected chi connectivity index (χ4v) is 3.01. The number of aryl methyl sites for hydroxylation is 2. The molecule has 1 N–H and O–H groups in total. The minimum absolute atomic E-state index is 0.448. The van der Waals surface area contributed by atoms with Crippen LogP contribution in [0.1, 0.15) is 42.3 Å². The molecule has 2 rings (SSSR count). The van der Waals surface area contributed by atoms with E-state index in [-0.39, 0.29) is 0 Å². The molecular formula is C16H22ClN3O. The highest BCUT2D eigenvalue weighted by atomic mass is 35.5. The Kier molecular flexibility index (Phi) is 4.59. The summed E-state index contributed by atoms with van der Waals surface area (Å²) in [4.78, 5) is 4.93. The molecule has 0 saturated carbocycles. The highest BCUT2D eigenvalue weighted by Crippen LogP contribution is 2.31. The molecule has 0 saturated heterocycles. The fourth-order valence-electron chi connectivity index (χ4n) is 2.81. The summed E-state index contributed by atoms with van der Waals surface area (Å²) >= 11 is 6.31. The van der Waals surface area contributed by atoms with E-state index in [1.165, 1.54) is 5.56 Å². The number of nitrogens with one attached hydrogen (secondary N) is 1. The first kappa shape index (κ1) is 15.9. The van der Waals surface area contributed by atoms with Gasteiger partial charge in [-0.15, -0.1) is 0 Å². The van der Waals surface area contributed by atoms with Crippen LogP contribution in [-0.4, -0.2) is 16.9 Å². The smallest absolute Gasteiger partial charge is 0.0794 e. The molecule has 0 aliphatic heterocycles. The number of halogens is 1. The van der Waals surface area contributed by atoms with Crippen LogP contribution < -0.4 is 5.48 Å².